The topological polar surface area (TPSA) is 32.3 Å². The van der Waals surface area contributed by atoms with Gasteiger partial charge in [-0.3, -0.25) is 0 Å². The van der Waals surface area contributed by atoms with Gasteiger partial charge in [0.2, 0.25) is 0 Å². The number of hydrogen-bond donors (Lipinski definition) is 2. The van der Waals surface area contributed by atoms with Crippen LogP contribution in [0.15, 0.2) is 12.7 Å². The molecular formula is C7H15NO. The van der Waals surface area contributed by atoms with E-state index in [1.165, 1.54) is 0 Å². The maximum Gasteiger partial charge on any atom is 0.0584 e. The molecule has 2 nitrogen and oxygen atoms in total. The Morgan fingerprint density at radius 3 is 2.78 bits per heavy atom. The lowest BCUT2D eigenvalue weighted by molar-refractivity contribution is 0.242. The molecule has 0 fully saturated rings. The van der Waals surface area contributed by atoms with Crippen LogP contribution in [0.3, 0.4) is 0 Å². The maximum atomic E-state index is 8.66. The van der Waals surface area contributed by atoms with Crippen molar-refractivity contribution in [2.75, 3.05) is 13.2 Å². The molecule has 0 saturated carbocycles. The van der Waals surface area contributed by atoms with Crippen molar-refractivity contribution in [1.82, 2.24) is 5.32 Å². The van der Waals surface area contributed by atoms with Crippen LogP contribution in [0.5, 0.6) is 0 Å². The molecule has 2 heteroatoms. The summed E-state index contributed by atoms with van der Waals surface area (Å²) in [5.41, 5.74) is 0. The highest BCUT2D eigenvalue weighted by Gasteiger charge is 1.98. The lowest BCUT2D eigenvalue weighted by Crippen LogP contribution is -2.31. The summed E-state index contributed by atoms with van der Waals surface area (Å²) >= 11 is 0. The van der Waals surface area contributed by atoms with E-state index in [1.807, 2.05) is 6.92 Å². The van der Waals surface area contributed by atoms with Crippen LogP contribution in [-0.2, 0) is 0 Å². The standard InChI is InChI=1S/C7H15NO/c1-3-5-8-7(4-2)6-9/h3,7-9H,1,4-6H2,2H3. The van der Waals surface area contributed by atoms with E-state index in [0.717, 1.165) is 13.0 Å². The zero-order valence-electron chi connectivity index (χ0n) is 5.93. The van der Waals surface area contributed by atoms with Crippen LogP contribution in [0.25, 0.3) is 0 Å². The van der Waals surface area contributed by atoms with Crippen LogP contribution in [0.1, 0.15) is 13.3 Å². The number of aliphatic hydroxyl groups excluding tert-OH is 1. The Hall–Kier alpha value is -0.340. The Bertz CT molecular complexity index is 69.3. The second kappa shape index (κ2) is 5.79. The van der Waals surface area contributed by atoms with Gasteiger partial charge in [-0.05, 0) is 6.42 Å². The Kier molecular flexibility index (Phi) is 5.57. The summed E-state index contributed by atoms with van der Waals surface area (Å²) in [6.07, 6.45) is 2.75. The Morgan fingerprint density at radius 1 is 1.78 bits per heavy atom. The molecule has 9 heavy (non-hydrogen) atoms. The first-order valence-electron chi connectivity index (χ1n) is 3.30. The number of rotatable bonds is 5. The molecule has 2 N–H and O–H groups in total. The first-order chi connectivity index (χ1) is 4.35. The molecule has 0 aromatic heterocycles. The van der Waals surface area contributed by atoms with Gasteiger partial charge < -0.3 is 10.4 Å². The molecule has 0 rings (SSSR count). The summed E-state index contributed by atoms with van der Waals surface area (Å²) in [5, 5.41) is 11.8. The van der Waals surface area contributed by atoms with Gasteiger partial charge in [0, 0.05) is 12.6 Å². The van der Waals surface area contributed by atoms with E-state index >= 15 is 0 Å². The van der Waals surface area contributed by atoms with Gasteiger partial charge in [-0.2, -0.15) is 0 Å². The highest BCUT2D eigenvalue weighted by Crippen LogP contribution is 1.86. The van der Waals surface area contributed by atoms with E-state index in [1.54, 1.807) is 6.08 Å². The van der Waals surface area contributed by atoms with Gasteiger partial charge in [-0.1, -0.05) is 13.0 Å². The normalized spacial score (nSPS) is 13.1. The van der Waals surface area contributed by atoms with E-state index in [2.05, 4.69) is 11.9 Å². The van der Waals surface area contributed by atoms with Gasteiger partial charge in [0.25, 0.3) is 0 Å². The maximum absolute atomic E-state index is 8.66. The summed E-state index contributed by atoms with van der Waals surface area (Å²) in [5.74, 6) is 0. The first-order valence-corrected chi connectivity index (χ1v) is 3.30. The molecule has 0 amide bonds. The molecule has 0 aliphatic heterocycles. The molecule has 0 aliphatic carbocycles. The third-order valence-corrected chi connectivity index (χ3v) is 1.26. The average molecular weight is 129 g/mol. The Balaban J connectivity index is 3.19. The number of aliphatic hydroxyl groups is 1. The third-order valence-electron chi connectivity index (χ3n) is 1.26. The predicted molar refractivity (Wildman–Crippen MR) is 39.4 cm³/mol. The van der Waals surface area contributed by atoms with Crippen molar-refractivity contribution in [2.45, 2.75) is 19.4 Å². The van der Waals surface area contributed by atoms with Gasteiger partial charge in [0.15, 0.2) is 0 Å². The van der Waals surface area contributed by atoms with Crippen LogP contribution < -0.4 is 5.32 Å². The molecular weight excluding hydrogens is 114 g/mol. The van der Waals surface area contributed by atoms with Gasteiger partial charge >= 0.3 is 0 Å². The average Bonchev–Trinajstić information content (AvgIpc) is 1.91. The number of hydrogen-bond acceptors (Lipinski definition) is 2. The first kappa shape index (κ1) is 8.66. The van der Waals surface area contributed by atoms with Crippen molar-refractivity contribution in [1.29, 1.82) is 0 Å². The van der Waals surface area contributed by atoms with Crippen molar-refractivity contribution < 1.29 is 5.11 Å². The lowest BCUT2D eigenvalue weighted by Gasteiger charge is -2.10. The molecule has 0 heterocycles. The van der Waals surface area contributed by atoms with Crippen LogP contribution >= 0.6 is 0 Å². The molecule has 54 valence electrons. The SMILES string of the molecule is C=CCNC(CC)CO. The molecule has 1 unspecified atom stereocenters. The second-order valence-electron chi connectivity index (χ2n) is 1.98. The van der Waals surface area contributed by atoms with Gasteiger partial charge in [0.1, 0.15) is 0 Å². The summed E-state index contributed by atoms with van der Waals surface area (Å²) in [6, 6.07) is 0.239. The van der Waals surface area contributed by atoms with Crippen molar-refractivity contribution in [3.63, 3.8) is 0 Å². The third kappa shape index (κ3) is 4.18. The van der Waals surface area contributed by atoms with E-state index in [9.17, 15) is 0 Å². The quantitative estimate of drug-likeness (QED) is 0.531. The molecule has 0 bridgehead atoms. The fraction of sp³-hybridized carbons (Fsp3) is 0.714. The molecule has 1 atom stereocenters. The highest BCUT2D eigenvalue weighted by molar-refractivity contribution is 4.73. The molecule has 0 radical (unpaired) electrons. The van der Waals surface area contributed by atoms with E-state index < -0.39 is 0 Å². The molecule has 0 saturated heterocycles. The van der Waals surface area contributed by atoms with Gasteiger partial charge in [-0.15, -0.1) is 6.58 Å². The summed E-state index contributed by atoms with van der Waals surface area (Å²) in [7, 11) is 0. The van der Waals surface area contributed by atoms with Gasteiger partial charge in [-0.25, -0.2) is 0 Å². The zero-order valence-corrected chi connectivity index (χ0v) is 5.93. The minimum Gasteiger partial charge on any atom is -0.395 e. The van der Waals surface area contributed by atoms with Crippen LogP contribution in [0.2, 0.25) is 0 Å². The van der Waals surface area contributed by atoms with Crippen LogP contribution in [0.4, 0.5) is 0 Å². The Morgan fingerprint density at radius 2 is 2.44 bits per heavy atom. The number of nitrogens with one attached hydrogen (secondary N) is 1. The summed E-state index contributed by atoms with van der Waals surface area (Å²) in [4.78, 5) is 0. The van der Waals surface area contributed by atoms with Crippen LogP contribution in [-0.4, -0.2) is 24.3 Å². The largest absolute Gasteiger partial charge is 0.395 e. The smallest absolute Gasteiger partial charge is 0.0584 e. The minimum absolute atomic E-state index is 0.213. The molecule has 0 spiro atoms. The van der Waals surface area contributed by atoms with Crippen molar-refractivity contribution in [3.8, 4) is 0 Å². The van der Waals surface area contributed by atoms with Crippen LogP contribution in [0, 0.1) is 0 Å². The molecule has 0 aliphatic rings. The lowest BCUT2D eigenvalue weighted by atomic mass is 10.2. The van der Waals surface area contributed by atoms with Crippen molar-refractivity contribution >= 4 is 0 Å². The van der Waals surface area contributed by atoms with Crippen molar-refractivity contribution in [2.24, 2.45) is 0 Å². The summed E-state index contributed by atoms with van der Waals surface area (Å²) in [6.45, 7) is 6.59. The monoisotopic (exact) mass is 129 g/mol. The van der Waals surface area contributed by atoms with E-state index in [-0.39, 0.29) is 12.6 Å². The van der Waals surface area contributed by atoms with Gasteiger partial charge in [0.05, 0.1) is 6.61 Å². The molecule has 0 aromatic rings. The fourth-order valence-electron chi connectivity index (χ4n) is 0.588. The predicted octanol–water partition coefficient (Wildman–Crippen LogP) is 0.533. The highest BCUT2D eigenvalue weighted by atomic mass is 16.3. The van der Waals surface area contributed by atoms with E-state index in [0.29, 0.717) is 0 Å². The minimum atomic E-state index is 0.213. The van der Waals surface area contributed by atoms with Crippen molar-refractivity contribution in [3.05, 3.63) is 12.7 Å². The summed E-state index contributed by atoms with van der Waals surface area (Å²) < 4.78 is 0. The zero-order chi connectivity index (χ0) is 7.11. The van der Waals surface area contributed by atoms with E-state index in [4.69, 9.17) is 5.11 Å². The Labute approximate surface area is 56.6 Å². The fourth-order valence-corrected chi connectivity index (χ4v) is 0.588. The second-order valence-corrected chi connectivity index (χ2v) is 1.98. The molecule has 0 aromatic carbocycles.